The van der Waals surface area contributed by atoms with Gasteiger partial charge in [-0.15, -0.1) is 0 Å². The van der Waals surface area contributed by atoms with E-state index in [4.69, 9.17) is 5.73 Å². The molecule has 3 N–H and O–H groups in total. The van der Waals surface area contributed by atoms with Crippen molar-refractivity contribution in [2.24, 2.45) is 11.7 Å². The lowest BCUT2D eigenvalue weighted by Crippen LogP contribution is -2.53. The molecule has 28 heavy (non-hydrogen) atoms. The van der Waals surface area contributed by atoms with E-state index in [1.165, 1.54) is 0 Å². The fraction of sp³-hybridized carbons (Fsp3) is 0.636. The topological polar surface area (TPSA) is 78.7 Å². The second-order valence-electron chi connectivity index (χ2n) is 8.27. The highest BCUT2D eigenvalue weighted by molar-refractivity contribution is 6.00. The molecule has 6 heteroatoms. The summed E-state index contributed by atoms with van der Waals surface area (Å²) in [5, 5.41) is 3.00. The smallest absolute Gasteiger partial charge is 0.249 e. The van der Waals surface area contributed by atoms with Crippen LogP contribution in [0.15, 0.2) is 30.3 Å². The van der Waals surface area contributed by atoms with E-state index in [9.17, 15) is 9.59 Å². The first kappa shape index (κ1) is 20.8. The SMILES string of the molecule is CN[C@@H](C)C(=O)N1CCC[C@H]1C(=O)N(CC1CCC(N)CC1)c1ccccc1. The third-order valence-electron chi connectivity index (χ3n) is 6.29. The quantitative estimate of drug-likeness (QED) is 0.785. The van der Waals surface area contributed by atoms with Gasteiger partial charge in [0.15, 0.2) is 0 Å². The molecule has 1 heterocycles. The van der Waals surface area contributed by atoms with Crippen molar-refractivity contribution in [3.8, 4) is 0 Å². The lowest BCUT2D eigenvalue weighted by molar-refractivity contribution is -0.138. The first-order valence-electron chi connectivity index (χ1n) is 10.6. The summed E-state index contributed by atoms with van der Waals surface area (Å²) >= 11 is 0. The number of nitrogens with one attached hydrogen (secondary N) is 1. The van der Waals surface area contributed by atoms with Gasteiger partial charge in [-0.05, 0) is 70.5 Å². The number of carbonyl (C=O) groups excluding carboxylic acids is 2. The van der Waals surface area contributed by atoms with Crippen molar-refractivity contribution in [3.05, 3.63) is 30.3 Å². The Morgan fingerprint density at radius 2 is 1.86 bits per heavy atom. The minimum absolute atomic E-state index is 0.00926. The van der Waals surface area contributed by atoms with Gasteiger partial charge in [0.25, 0.3) is 0 Å². The number of hydrogen-bond acceptors (Lipinski definition) is 4. The third-order valence-corrected chi connectivity index (χ3v) is 6.29. The zero-order chi connectivity index (χ0) is 20.1. The van der Waals surface area contributed by atoms with Crippen LogP contribution in [0.25, 0.3) is 0 Å². The highest BCUT2D eigenvalue weighted by Crippen LogP contribution is 2.29. The molecule has 1 aliphatic heterocycles. The molecular weight excluding hydrogens is 352 g/mol. The summed E-state index contributed by atoms with van der Waals surface area (Å²) in [6.07, 6.45) is 5.77. The third kappa shape index (κ3) is 4.73. The second kappa shape index (κ2) is 9.52. The number of anilines is 1. The van der Waals surface area contributed by atoms with Crippen molar-refractivity contribution in [2.75, 3.05) is 25.0 Å². The largest absolute Gasteiger partial charge is 0.329 e. The maximum Gasteiger partial charge on any atom is 0.249 e. The van der Waals surface area contributed by atoms with Crippen molar-refractivity contribution in [3.63, 3.8) is 0 Å². The molecule has 3 rings (SSSR count). The van der Waals surface area contributed by atoms with E-state index in [2.05, 4.69) is 5.32 Å². The molecule has 1 saturated heterocycles. The summed E-state index contributed by atoms with van der Waals surface area (Å²) in [5.41, 5.74) is 6.98. The normalized spacial score (nSPS) is 26.1. The first-order chi connectivity index (χ1) is 13.5. The Morgan fingerprint density at radius 3 is 2.50 bits per heavy atom. The molecule has 154 valence electrons. The van der Waals surface area contributed by atoms with Crippen LogP contribution in [-0.2, 0) is 9.59 Å². The summed E-state index contributed by atoms with van der Waals surface area (Å²) < 4.78 is 0. The Balaban J connectivity index is 1.79. The summed E-state index contributed by atoms with van der Waals surface area (Å²) in [6.45, 7) is 3.21. The van der Waals surface area contributed by atoms with Crippen molar-refractivity contribution in [2.45, 2.75) is 63.6 Å². The van der Waals surface area contributed by atoms with Crippen LogP contribution in [0.3, 0.4) is 0 Å². The first-order valence-corrected chi connectivity index (χ1v) is 10.6. The second-order valence-corrected chi connectivity index (χ2v) is 8.27. The van der Waals surface area contributed by atoms with Crippen LogP contribution in [0.2, 0.25) is 0 Å². The van der Waals surface area contributed by atoms with Gasteiger partial charge in [-0.3, -0.25) is 9.59 Å². The zero-order valence-corrected chi connectivity index (χ0v) is 17.1. The van der Waals surface area contributed by atoms with E-state index >= 15 is 0 Å². The van der Waals surface area contributed by atoms with Gasteiger partial charge in [-0.2, -0.15) is 0 Å². The molecule has 0 aromatic heterocycles. The Kier molecular flexibility index (Phi) is 7.08. The van der Waals surface area contributed by atoms with E-state index in [1.807, 2.05) is 42.2 Å². The van der Waals surface area contributed by atoms with Gasteiger partial charge in [0.2, 0.25) is 11.8 Å². The predicted octanol–water partition coefficient (Wildman–Crippen LogP) is 2.14. The molecule has 0 radical (unpaired) electrons. The lowest BCUT2D eigenvalue weighted by atomic mass is 9.86. The summed E-state index contributed by atoms with van der Waals surface area (Å²) in [6, 6.07) is 9.52. The number of carbonyl (C=O) groups is 2. The number of nitrogens with zero attached hydrogens (tertiary/aromatic N) is 2. The number of para-hydroxylation sites is 1. The molecule has 0 bridgehead atoms. The highest BCUT2D eigenvalue weighted by Gasteiger charge is 2.38. The van der Waals surface area contributed by atoms with Gasteiger partial charge < -0.3 is 20.9 Å². The number of amides is 2. The fourth-order valence-corrected chi connectivity index (χ4v) is 4.40. The number of likely N-dealkylation sites (N-methyl/N-ethyl adjacent to an activating group) is 1. The Labute approximate surface area is 168 Å². The van der Waals surface area contributed by atoms with Crippen molar-refractivity contribution in [1.82, 2.24) is 10.2 Å². The molecular formula is C22H34N4O2. The highest BCUT2D eigenvalue weighted by atomic mass is 16.2. The average molecular weight is 387 g/mol. The number of benzene rings is 1. The minimum Gasteiger partial charge on any atom is -0.329 e. The standard InChI is InChI=1S/C22H34N4O2/c1-16(24-2)21(27)25-14-6-9-20(25)22(28)26(19-7-4-3-5-8-19)15-17-10-12-18(23)13-11-17/h3-5,7-8,16-18,20,24H,6,9-15,23H2,1-2H3/t16-,17?,18?,20-/m0/s1. The van der Waals surface area contributed by atoms with Crippen LogP contribution in [0.5, 0.6) is 0 Å². The van der Waals surface area contributed by atoms with Crippen LogP contribution in [0.4, 0.5) is 5.69 Å². The molecule has 1 saturated carbocycles. The van der Waals surface area contributed by atoms with Gasteiger partial charge in [0.05, 0.1) is 6.04 Å². The molecule has 6 nitrogen and oxygen atoms in total. The van der Waals surface area contributed by atoms with E-state index in [1.54, 1.807) is 11.9 Å². The van der Waals surface area contributed by atoms with Crippen LogP contribution in [0, 0.1) is 5.92 Å². The molecule has 2 atom stereocenters. The molecule has 0 unspecified atom stereocenters. The van der Waals surface area contributed by atoms with Crippen LogP contribution in [0.1, 0.15) is 45.4 Å². The predicted molar refractivity (Wildman–Crippen MR) is 112 cm³/mol. The monoisotopic (exact) mass is 386 g/mol. The van der Waals surface area contributed by atoms with E-state index in [0.29, 0.717) is 25.0 Å². The molecule has 1 aromatic rings. The van der Waals surface area contributed by atoms with E-state index in [0.717, 1.165) is 44.2 Å². The molecule has 2 fully saturated rings. The van der Waals surface area contributed by atoms with Gasteiger partial charge in [-0.25, -0.2) is 0 Å². The summed E-state index contributed by atoms with van der Waals surface area (Å²) in [5.74, 6) is 0.524. The number of rotatable bonds is 6. The van der Waals surface area contributed by atoms with E-state index in [-0.39, 0.29) is 23.9 Å². The number of hydrogen-bond donors (Lipinski definition) is 2. The maximum atomic E-state index is 13.6. The number of nitrogens with two attached hydrogens (primary N) is 1. The molecule has 0 spiro atoms. The maximum absolute atomic E-state index is 13.6. The average Bonchev–Trinajstić information content (AvgIpc) is 3.22. The van der Waals surface area contributed by atoms with Crippen LogP contribution >= 0.6 is 0 Å². The van der Waals surface area contributed by atoms with Gasteiger partial charge in [0.1, 0.15) is 6.04 Å². The fourth-order valence-electron chi connectivity index (χ4n) is 4.40. The van der Waals surface area contributed by atoms with Crippen molar-refractivity contribution in [1.29, 1.82) is 0 Å². The van der Waals surface area contributed by atoms with Crippen molar-refractivity contribution >= 4 is 17.5 Å². The Bertz CT molecular complexity index is 658. The molecule has 2 aliphatic rings. The lowest BCUT2D eigenvalue weighted by Gasteiger charge is -2.35. The van der Waals surface area contributed by atoms with Gasteiger partial charge in [0, 0.05) is 24.8 Å². The number of likely N-dealkylation sites (tertiary alicyclic amines) is 1. The summed E-state index contributed by atoms with van der Waals surface area (Å²) in [7, 11) is 1.78. The van der Waals surface area contributed by atoms with Gasteiger partial charge >= 0.3 is 0 Å². The Morgan fingerprint density at radius 1 is 1.18 bits per heavy atom. The minimum atomic E-state index is -0.366. The molecule has 1 aliphatic carbocycles. The zero-order valence-electron chi connectivity index (χ0n) is 17.1. The Hall–Kier alpha value is -1.92. The van der Waals surface area contributed by atoms with Crippen LogP contribution < -0.4 is 16.0 Å². The van der Waals surface area contributed by atoms with Crippen LogP contribution in [-0.4, -0.2) is 55.0 Å². The molecule has 2 amide bonds. The molecule has 1 aromatic carbocycles. The van der Waals surface area contributed by atoms with Gasteiger partial charge in [-0.1, -0.05) is 18.2 Å². The van der Waals surface area contributed by atoms with E-state index < -0.39 is 0 Å². The summed E-state index contributed by atoms with van der Waals surface area (Å²) in [4.78, 5) is 30.0. The van der Waals surface area contributed by atoms with Crippen molar-refractivity contribution < 1.29 is 9.59 Å².